The van der Waals surface area contributed by atoms with Crippen molar-refractivity contribution in [3.63, 3.8) is 0 Å². The van der Waals surface area contributed by atoms with Crippen molar-refractivity contribution >= 4 is 22.2 Å². The number of benzene rings is 1. The van der Waals surface area contributed by atoms with Crippen molar-refractivity contribution < 1.29 is 0 Å². The van der Waals surface area contributed by atoms with Gasteiger partial charge in [0.1, 0.15) is 11.3 Å². The molecule has 0 aliphatic carbocycles. The molecule has 1 aromatic carbocycles. The van der Waals surface area contributed by atoms with E-state index in [1.165, 1.54) is 0 Å². The molecular formula is C11H8N4. The van der Waals surface area contributed by atoms with Gasteiger partial charge < -0.3 is 0 Å². The summed E-state index contributed by atoms with van der Waals surface area (Å²) in [5.74, 6) is 0.715. The predicted octanol–water partition coefficient (Wildman–Crippen LogP) is 1.88. The molecule has 0 amide bonds. The molecule has 0 N–H and O–H groups in total. The minimum Gasteiger partial charge on any atom is -0.241 e. The van der Waals surface area contributed by atoms with Crippen molar-refractivity contribution in [3.8, 4) is 0 Å². The van der Waals surface area contributed by atoms with Crippen LogP contribution in [0.1, 0.15) is 5.82 Å². The monoisotopic (exact) mass is 196 g/mol. The Hall–Kier alpha value is -2.10. The van der Waals surface area contributed by atoms with E-state index in [9.17, 15) is 0 Å². The lowest BCUT2D eigenvalue weighted by Crippen LogP contribution is -1.93. The number of hydrogen-bond donors (Lipinski definition) is 0. The van der Waals surface area contributed by atoms with E-state index in [-0.39, 0.29) is 0 Å². The van der Waals surface area contributed by atoms with Crippen LogP contribution in [-0.2, 0) is 0 Å². The van der Waals surface area contributed by atoms with Gasteiger partial charge in [0.2, 0.25) is 0 Å². The van der Waals surface area contributed by atoms with Crippen LogP contribution in [0.15, 0.2) is 30.5 Å². The summed E-state index contributed by atoms with van der Waals surface area (Å²) in [5.41, 5.74) is 3.13. The average molecular weight is 196 g/mol. The molecule has 4 nitrogen and oxygen atoms in total. The third kappa shape index (κ3) is 1.30. The van der Waals surface area contributed by atoms with Gasteiger partial charge in [0.25, 0.3) is 0 Å². The van der Waals surface area contributed by atoms with Crippen LogP contribution < -0.4 is 0 Å². The average Bonchev–Trinajstić information content (AvgIpc) is 2.26. The first-order valence-corrected chi connectivity index (χ1v) is 4.69. The molecule has 0 saturated carbocycles. The second-order valence-corrected chi connectivity index (χ2v) is 3.34. The minimum atomic E-state index is 0.654. The highest BCUT2D eigenvalue weighted by Crippen LogP contribution is 2.13. The summed E-state index contributed by atoms with van der Waals surface area (Å²) in [7, 11) is 0. The lowest BCUT2D eigenvalue weighted by molar-refractivity contribution is 1.07. The number of nitrogens with zero attached hydrogens (tertiary/aromatic N) is 4. The van der Waals surface area contributed by atoms with Crippen molar-refractivity contribution in [1.29, 1.82) is 0 Å². The largest absolute Gasteiger partial charge is 0.241 e. The highest BCUT2D eigenvalue weighted by atomic mass is 15.0. The Bertz CT molecular complexity index is 648. The maximum absolute atomic E-state index is 4.43. The van der Waals surface area contributed by atoms with Crippen molar-refractivity contribution in [2.45, 2.75) is 6.92 Å². The molecule has 0 fully saturated rings. The standard InChI is InChI=1S/C11H8N4/c1-7-12-6-10-11(13-7)15-9-5-3-2-4-8(9)14-10/h2-6H,1H3. The van der Waals surface area contributed by atoms with E-state index in [0.717, 1.165) is 16.6 Å². The van der Waals surface area contributed by atoms with Crippen LogP contribution >= 0.6 is 0 Å². The first kappa shape index (κ1) is 8.23. The summed E-state index contributed by atoms with van der Waals surface area (Å²) in [5, 5.41) is 0. The van der Waals surface area contributed by atoms with E-state index in [1.807, 2.05) is 31.2 Å². The molecule has 0 spiro atoms. The second kappa shape index (κ2) is 2.95. The molecule has 0 atom stereocenters. The Labute approximate surface area is 86.0 Å². The van der Waals surface area contributed by atoms with Gasteiger partial charge in [-0.3, -0.25) is 0 Å². The fraction of sp³-hybridized carbons (Fsp3) is 0.0909. The zero-order valence-electron chi connectivity index (χ0n) is 8.18. The second-order valence-electron chi connectivity index (χ2n) is 3.34. The van der Waals surface area contributed by atoms with Crippen LogP contribution in [0.3, 0.4) is 0 Å². The molecule has 0 radical (unpaired) electrons. The third-order valence-corrected chi connectivity index (χ3v) is 2.22. The smallest absolute Gasteiger partial charge is 0.182 e. The number of hydrogen-bond acceptors (Lipinski definition) is 4. The first-order chi connectivity index (χ1) is 7.33. The van der Waals surface area contributed by atoms with Crippen LogP contribution in [-0.4, -0.2) is 19.9 Å². The van der Waals surface area contributed by atoms with Gasteiger partial charge >= 0.3 is 0 Å². The van der Waals surface area contributed by atoms with E-state index >= 15 is 0 Å². The Balaban J connectivity index is 2.47. The molecule has 3 aromatic rings. The number of para-hydroxylation sites is 2. The summed E-state index contributed by atoms with van der Waals surface area (Å²) >= 11 is 0. The van der Waals surface area contributed by atoms with Gasteiger partial charge in [0, 0.05) is 0 Å². The molecule has 15 heavy (non-hydrogen) atoms. The van der Waals surface area contributed by atoms with E-state index < -0.39 is 0 Å². The Morgan fingerprint density at radius 1 is 0.867 bits per heavy atom. The molecule has 2 heterocycles. The molecule has 0 unspecified atom stereocenters. The maximum atomic E-state index is 4.43. The zero-order chi connectivity index (χ0) is 10.3. The van der Waals surface area contributed by atoms with Crippen molar-refractivity contribution in [2.24, 2.45) is 0 Å². The molecule has 0 bridgehead atoms. The van der Waals surface area contributed by atoms with Gasteiger partial charge in [-0.2, -0.15) is 0 Å². The number of aromatic nitrogens is 4. The summed E-state index contributed by atoms with van der Waals surface area (Å²) in [4.78, 5) is 17.2. The molecule has 2 aromatic heterocycles. The van der Waals surface area contributed by atoms with Gasteiger partial charge in [-0.1, -0.05) is 12.1 Å². The van der Waals surface area contributed by atoms with E-state index in [2.05, 4.69) is 19.9 Å². The van der Waals surface area contributed by atoms with Crippen LogP contribution in [0.2, 0.25) is 0 Å². The van der Waals surface area contributed by atoms with Gasteiger partial charge in [0.05, 0.1) is 17.2 Å². The zero-order valence-corrected chi connectivity index (χ0v) is 8.18. The van der Waals surface area contributed by atoms with Gasteiger partial charge in [-0.05, 0) is 19.1 Å². The molecule has 0 saturated heterocycles. The number of aryl methyl sites for hydroxylation is 1. The van der Waals surface area contributed by atoms with Crippen LogP contribution in [0.5, 0.6) is 0 Å². The van der Waals surface area contributed by atoms with E-state index in [1.54, 1.807) is 6.20 Å². The topological polar surface area (TPSA) is 51.6 Å². The fourth-order valence-electron chi connectivity index (χ4n) is 1.51. The summed E-state index contributed by atoms with van der Waals surface area (Å²) < 4.78 is 0. The van der Waals surface area contributed by atoms with Crippen LogP contribution in [0.25, 0.3) is 22.2 Å². The molecule has 4 heteroatoms. The fourth-order valence-corrected chi connectivity index (χ4v) is 1.51. The van der Waals surface area contributed by atoms with Crippen molar-refractivity contribution in [1.82, 2.24) is 19.9 Å². The van der Waals surface area contributed by atoms with Gasteiger partial charge in [-0.15, -0.1) is 0 Å². The quantitative estimate of drug-likeness (QED) is 0.515. The summed E-state index contributed by atoms with van der Waals surface area (Å²) in [6.45, 7) is 1.84. The molecule has 0 aliphatic rings. The lowest BCUT2D eigenvalue weighted by atomic mass is 10.3. The third-order valence-electron chi connectivity index (χ3n) is 2.22. The van der Waals surface area contributed by atoms with E-state index in [4.69, 9.17) is 0 Å². The molecule has 72 valence electrons. The Kier molecular flexibility index (Phi) is 1.62. The van der Waals surface area contributed by atoms with Crippen LogP contribution in [0.4, 0.5) is 0 Å². The molecule has 3 rings (SSSR count). The predicted molar refractivity (Wildman–Crippen MR) is 57.4 cm³/mol. The number of fused-ring (bicyclic) bond motifs is 2. The minimum absolute atomic E-state index is 0.654. The van der Waals surface area contributed by atoms with E-state index in [0.29, 0.717) is 11.5 Å². The maximum Gasteiger partial charge on any atom is 0.182 e. The number of rotatable bonds is 0. The van der Waals surface area contributed by atoms with Crippen LogP contribution in [0, 0.1) is 6.92 Å². The lowest BCUT2D eigenvalue weighted by Gasteiger charge is -1.99. The van der Waals surface area contributed by atoms with Gasteiger partial charge in [-0.25, -0.2) is 19.9 Å². The SMILES string of the molecule is Cc1ncc2nc3ccccc3nc2n1. The first-order valence-electron chi connectivity index (χ1n) is 4.69. The van der Waals surface area contributed by atoms with Crippen molar-refractivity contribution in [2.75, 3.05) is 0 Å². The molecule has 0 aliphatic heterocycles. The summed E-state index contributed by atoms with van der Waals surface area (Å²) in [6.07, 6.45) is 1.71. The Morgan fingerprint density at radius 2 is 1.60 bits per heavy atom. The highest BCUT2D eigenvalue weighted by molar-refractivity contribution is 5.83. The summed E-state index contributed by atoms with van der Waals surface area (Å²) in [6, 6.07) is 7.75. The highest BCUT2D eigenvalue weighted by Gasteiger charge is 2.02. The normalized spacial score (nSPS) is 11.0. The van der Waals surface area contributed by atoms with Crippen molar-refractivity contribution in [3.05, 3.63) is 36.3 Å². The van der Waals surface area contributed by atoms with Gasteiger partial charge in [0.15, 0.2) is 5.65 Å². The molecular weight excluding hydrogens is 188 g/mol. The Morgan fingerprint density at radius 3 is 2.40 bits per heavy atom.